The topological polar surface area (TPSA) is 41.6 Å². The first kappa shape index (κ1) is 16.1. The summed E-state index contributed by atoms with van der Waals surface area (Å²) in [7, 11) is 0. The number of carbonyl (C=O) groups excluding carboxylic acids is 1. The third-order valence-electron chi connectivity index (χ3n) is 3.60. The van der Waals surface area contributed by atoms with Crippen molar-refractivity contribution < 1.29 is 9.53 Å². The van der Waals surface area contributed by atoms with Gasteiger partial charge in [0.05, 0.1) is 0 Å². The fraction of sp³-hybridized carbons (Fsp3) is 0.562. The summed E-state index contributed by atoms with van der Waals surface area (Å²) in [6.45, 7) is 6.19. The van der Waals surface area contributed by atoms with E-state index in [0.717, 1.165) is 17.9 Å². The largest absolute Gasteiger partial charge is 0.492 e. The van der Waals surface area contributed by atoms with Gasteiger partial charge in [0.1, 0.15) is 17.7 Å². The van der Waals surface area contributed by atoms with E-state index in [1.54, 1.807) is 6.92 Å². The number of nitrogens with zero attached hydrogens (tertiary/aromatic N) is 1. The highest BCUT2D eigenvalue weighted by molar-refractivity contribution is 6.30. The zero-order valence-electron chi connectivity index (χ0n) is 12.5. The lowest BCUT2D eigenvalue weighted by Crippen LogP contribution is -2.29. The summed E-state index contributed by atoms with van der Waals surface area (Å²) in [4.78, 5) is 13.9. The third kappa shape index (κ3) is 5.56. The summed E-state index contributed by atoms with van der Waals surface area (Å²) < 4.78 is 5.78. The molecule has 0 radical (unpaired) electrons. The molecule has 1 amide bonds. The van der Waals surface area contributed by atoms with E-state index < -0.39 is 5.38 Å². The predicted molar refractivity (Wildman–Crippen MR) is 84.8 cm³/mol. The van der Waals surface area contributed by atoms with Gasteiger partial charge >= 0.3 is 0 Å². The second kappa shape index (κ2) is 8.25. The van der Waals surface area contributed by atoms with E-state index in [2.05, 4.69) is 10.2 Å². The first-order valence-corrected chi connectivity index (χ1v) is 7.94. The Labute approximate surface area is 131 Å². The number of halogens is 1. The van der Waals surface area contributed by atoms with Gasteiger partial charge in [-0.3, -0.25) is 9.69 Å². The van der Waals surface area contributed by atoms with Crippen molar-refractivity contribution in [2.24, 2.45) is 0 Å². The molecule has 21 heavy (non-hydrogen) atoms. The average Bonchev–Trinajstić information content (AvgIpc) is 2.98. The first-order valence-electron chi connectivity index (χ1n) is 7.51. The van der Waals surface area contributed by atoms with Crippen molar-refractivity contribution in [3.8, 4) is 5.75 Å². The molecular weight excluding hydrogens is 288 g/mol. The van der Waals surface area contributed by atoms with E-state index >= 15 is 0 Å². The van der Waals surface area contributed by atoms with Crippen molar-refractivity contribution in [2.45, 2.75) is 31.7 Å². The number of carbonyl (C=O) groups is 1. The first-order chi connectivity index (χ1) is 10.1. The Bertz CT molecular complexity index is 459. The molecule has 1 aliphatic rings. The Morgan fingerprint density at radius 3 is 2.90 bits per heavy atom. The number of nitrogens with one attached hydrogen (secondary N) is 1. The zero-order valence-corrected chi connectivity index (χ0v) is 13.2. The highest BCUT2D eigenvalue weighted by atomic mass is 35.5. The molecule has 4 nitrogen and oxygen atoms in total. The molecule has 1 aliphatic heterocycles. The fourth-order valence-corrected chi connectivity index (χ4v) is 2.45. The maximum absolute atomic E-state index is 11.4. The van der Waals surface area contributed by atoms with Crippen LogP contribution in [0.3, 0.4) is 0 Å². The van der Waals surface area contributed by atoms with E-state index in [1.807, 2.05) is 24.3 Å². The van der Waals surface area contributed by atoms with Crippen molar-refractivity contribution >= 4 is 17.5 Å². The van der Waals surface area contributed by atoms with Gasteiger partial charge in [0, 0.05) is 13.1 Å². The molecule has 2 rings (SSSR count). The minimum Gasteiger partial charge on any atom is -0.492 e. The van der Waals surface area contributed by atoms with Crippen molar-refractivity contribution in [3.05, 3.63) is 29.8 Å². The number of rotatable bonds is 7. The van der Waals surface area contributed by atoms with Gasteiger partial charge in [0.15, 0.2) is 0 Å². The zero-order chi connectivity index (χ0) is 15.1. The molecule has 0 saturated carbocycles. The highest BCUT2D eigenvalue weighted by Crippen LogP contribution is 2.14. The molecule has 116 valence electrons. The smallest absolute Gasteiger partial charge is 0.238 e. The van der Waals surface area contributed by atoms with Crippen LogP contribution >= 0.6 is 11.6 Å². The lowest BCUT2D eigenvalue weighted by atomic mass is 10.2. The molecule has 0 aliphatic carbocycles. The van der Waals surface area contributed by atoms with Gasteiger partial charge in [-0.25, -0.2) is 0 Å². The number of amides is 1. The number of hydrogen-bond donors (Lipinski definition) is 1. The van der Waals surface area contributed by atoms with E-state index in [1.165, 1.54) is 25.9 Å². The summed E-state index contributed by atoms with van der Waals surface area (Å²) in [6, 6.07) is 7.81. The average molecular weight is 311 g/mol. The molecule has 1 atom stereocenters. The van der Waals surface area contributed by atoms with Crippen LogP contribution in [0.2, 0.25) is 0 Å². The van der Waals surface area contributed by atoms with Gasteiger partial charge in [-0.1, -0.05) is 12.1 Å². The Balaban J connectivity index is 1.75. The van der Waals surface area contributed by atoms with Crippen LogP contribution in [0.15, 0.2) is 24.3 Å². The van der Waals surface area contributed by atoms with Crippen LogP contribution in [0.4, 0.5) is 0 Å². The lowest BCUT2D eigenvalue weighted by Gasteiger charge is -2.15. The van der Waals surface area contributed by atoms with Crippen LogP contribution in [0.1, 0.15) is 25.3 Å². The molecule has 1 heterocycles. The lowest BCUT2D eigenvalue weighted by molar-refractivity contribution is -0.120. The van der Waals surface area contributed by atoms with Crippen molar-refractivity contribution in [3.63, 3.8) is 0 Å². The van der Waals surface area contributed by atoms with Crippen molar-refractivity contribution in [2.75, 3.05) is 26.2 Å². The maximum atomic E-state index is 11.4. The Kier molecular flexibility index (Phi) is 6.33. The standard InChI is InChI=1S/C16H23ClN2O2/c1-13(17)16(20)18-12-14-5-4-6-15(11-14)21-10-9-19-7-2-3-8-19/h4-6,11,13H,2-3,7-10,12H2,1H3,(H,18,20). The third-order valence-corrected chi connectivity index (χ3v) is 3.80. The Morgan fingerprint density at radius 2 is 2.19 bits per heavy atom. The molecule has 1 fully saturated rings. The molecule has 1 unspecified atom stereocenters. The molecule has 0 spiro atoms. The van der Waals surface area contributed by atoms with Gasteiger partial charge in [-0.2, -0.15) is 0 Å². The van der Waals surface area contributed by atoms with Gasteiger partial charge < -0.3 is 10.1 Å². The maximum Gasteiger partial charge on any atom is 0.238 e. The van der Waals surface area contributed by atoms with Crippen LogP contribution in [0, 0.1) is 0 Å². The molecule has 1 saturated heterocycles. The van der Waals surface area contributed by atoms with E-state index in [4.69, 9.17) is 16.3 Å². The Hall–Kier alpha value is -1.26. The summed E-state index contributed by atoms with van der Waals surface area (Å²) >= 11 is 5.72. The highest BCUT2D eigenvalue weighted by Gasteiger charge is 2.11. The number of alkyl halides is 1. The summed E-state index contributed by atoms with van der Waals surface area (Å²) in [6.07, 6.45) is 2.60. The van der Waals surface area contributed by atoms with E-state index in [9.17, 15) is 4.79 Å². The van der Waals surface area contributed by atoms with Gasteiger partial charge in [0.25, 0.3) is 0 Å². The molecule has 1 aromatic rings. The minimum absolute atomic E-state index is 0.156. The number of likely N-dealkylation sites (tertiary alicyclic amines) is 1. The monoisotopic (exact) mass is 310 g/mol. The SMILES string of the molecule is CC(Cl)C(=O)NCc1cccc(OCCN2CCCC2)c1. The summed E-state index contributed by atoms with van der Waals surface area (Å²) in [5, 5.41) is 2.28. The quantitative estimate of drug-likeness (QED) is 0.786. The van der Waals surface area contributed by atoms with E-state index in [-0.39, 0.29) is 5.91 Å². The second-order valence-corrected chi connectivity index (χ2v) is 6.03. The summed E-state index contributed by atoms with van der Waals surface area (Å²) in [5.74, 6) is 0.692. The van der Waals surface area contributed by atoms with Crippen LogP contribution in [-0.2, 0) is 11.3 Å². The number of benzene rings is 1. The number of hydrogen-bond acceptors (Lipinski definition) is 3. The minimum atomic E-state index is -0.509. The molecule has 5 heteroatoms. The normalized spacial score (nSPS) is 16.7. The molecular formula is C16H23ClN2O2. The second-order valence-electron chi connectivity index (χ2n) is 5.38. The van der Waals surface area contributed by atoms with Gasteiger partial charge in [-0.05, 0) is 50.6 Å². The number of ether oxygens (including phenoxy) is 1. The molecule has 1 aromatic carbocycles. The van der Waals surface area contributed by atoms with Crippen molar-refractivity contribution in [1.82, 2.24) is 10.2 Å². The van der Waals surface area contributed by atoms with Crippen molar-refractivity contribution in [1.29, 1.82) is 0 Å². The molecule has 1 N–H and O–H groups in total. The van der Waals surface area contributed by atoms with Crippen LogP contribution < -0.4 is 10.1 Å². The molecule has 0 bridgehead atoms. The van der Waals surface area contributed by atoms with Gasteiger partial charge in [-0.15, -0.1) is 11.6 Å². The Morgan fingerprint density at radius 1 is 1.43 bits per heavy atom. The summed E-state index contributed by atoms with van der Waals surface area (Å²) in [5.41, 5.74) is 1.01. The van der Waals surface area contributed by atoms with Gasteiger partial charge in [0.2, 0.25) is 5.91 Å². The molecule has 0 aromatic heterocycles. The predicted octanol–water partition coefficient (Wildman–Crippen LogP) is 2.40. The van der Waals surface area contributed by atoms with Crippen LogP contribution in [0.25, 0.3) is 0 Å². The van der Waals surface area contributed by atoms with E-state index in [0.29, 0.717) is 13.2 Å². The fourth-order valence-electron chi connectivity index (χ4n) is 2.37. The van der Waals surface area contributed by atoms with Crippen LogP contribution in [-0.4, -0.2) is 42.4 Å². The van der Waals surface area contributed by atoms with Crippen LogP contribution in [0.5, 0.6) is 5.75 Å².